The Kier molecular flexibility index (Phi) is 5.26. The lowest BCUT2D eigenvalue weighted by Crippen LogP contribution is -2.50. The van der Waals surface area contributed by atoms with Crippen molar-refractivity contribution in [3.05, 3.63) is 0 Å². The largest absolute Gasteiger partial charge is 0.355 e. The van der Waals surface area contributed by atoms with Crippen LogP contribution in [0, 0.1) is 11.8 Å². The molecule has 3 atom stereocenters. The first-order valence-corrected chi connectivity index (χ1v) is 6.56. The Bertz CT molecular complexity index is 220. The lowest BCUT2D eigenvalue weighted by molar-refractivity contribution is -0.126. The quantitative estimate of drug-likeness (QED) is 0.794. The Labute approximate surface area is 99.6 Å². The monoisotopic (exact) mass is 226 g/mol. The van der Waals surface area contributed by atoms with Gasteiger partial charge < -0.3 is 5.32 Å². The van der Waals surface area contributed by atoms with Crippen LogP contribution < -0.4 is 5.32 Å². The van der Waals surface area contributed by atoms with E-state index in [0.717, 1.165) is 26.1 Å². The third kappa shape index (κ3) is 3.78. The molecule has 16 heavy (non-hydrogen) atoms. The summed E-state index contributed by atoms with van der Waals surface area (Å²) in [5.41, 5.74) is 0. The summed E-state index contributed by atoms with van der Waals surface area (Å²) in [6, 6.07) is 0.0248. The highest BCUT2D eigenvalue weighted by molar-refractivity contribution is 5.81. The zero-order valence-corrected chi connectivity index (χ0v) is 11.1. The van der Waals surface area contributed by atoms with E-state index in [1.54, 1.807) is 0 Å². The molecule has 94 valence electrons. The summed E-state index contributed by atoms with van der Waals surface area (Å²) in [6.45, 7) is 11.6. The van der Waals surface area contributed by atoms with Gasteiger partial charge in [-0.1, -0.05) is 20.8 Å². The van der Waals surface area contributed by atoms with Crippen LogP contribution in [-0.4, -0.2) is 36.5 Å². The molecule has 3 nitrogen and oxygen atoms in total. The Morgan fingerprint density at radius 2 is 1.94 bits per heavy atom. The van der Waals surface area contributed by atoms with Gasteiger partial charge >= 0.3 is 0 Å². The fourth-order valence-electron chi connectivity index (χ4n) is 2.59. The van der Waals surface area contributed by atoms with Crippen molar-refractivity contribution >= 4 is 5.91 Å². The highest BCUT2D eigenvalue weighted by atomic mass is 16.2. The van der Waals surface area contributed by atoms with E-state index in [0.29, 0.717) is 11.8 Å². The summed E-state index contributed by atoms with van der Waals surface area (Å²) in [4.78, 5) is 14.2. The molecule has 0 spiro atoms. The molecule has 0 aromatic rings. The third-order valence-electron chi connectivity index (χ3n) is 3.37. The predicted octanol–water partition coefficient (Wildman–Crippen LogP) is 1.88. The minimum absolute atomic E-state index is 0.0248. The van der Waals surface area contributed by atoms with Crippen LogP contribution in [0.15, 0.2) is 0 Å². The molecule has 0 unspecified atom stereocenters. The summed E-state index contributed by atoms with van der Waals surface area (Å²) < 4.78 is 0. The van der Waals surface area contributed by atoms with E-state index < -0.39 is 0 Å². The van der Waals surface area contributed by atoms with Crippen LogP contribution in [0.3, 0.4) is 0 Å². The molecule has 1 amide bonds. The SMILES string of the molecule is CCCNC(=O)[C@H](C)N1C[C@H](C)C[C@@H](C)C1. The smallest absolute Gasteiger partial charge is 0.237 e. The van der Waals surface area contributed by atoms with Crippen molar-refractivity contribution in [3.63, 3.8) is 0 Å². The maximum Gasteiger partial charge on any atom is 0.237 e. The summed E-state index contributed by atoms with van der Waals surface area (Å²) in [5.74, 6) is 1.61. The third-order valence-corrected chi connectivity index (χ3v) is 3.37. The van der Waals surface area contributed by atoms with Gasteiger partial charge in [-0.05, 0) is 31.6 Å². The van der Waals surface area contributed by atoms with Gasteiger partial charge in [0.1, 0.15) is 0 Å². The molecular formula is C13H26N2O. The van der Waals surface area contributed by atoms with E-state index >= 15 is 0 Å². The van der Waals surface area contributed by atoms with Crippen molar-refractivity contribution < 1.29 is 4.79 Å². The molecule has 0 aliphatic carbocycles. The zero-order chi connectivity index (χ0) is 12.1. The minimum atomic E-state index is 0.0248. The second kappa shape index (κ2) is 6.24. The standard InChI is InChI=1S/C13H26N2O/c1-5-6-14-13(16)12(4)15-8-10(2)7-11(3)9-15/h10-12H,5-9H2,1-4H3,(H,14,16)/t10-,11-,12+/m1/s1. The number of hydrogen-bond acceptors (Lipinski definition) is 2. The topological polar surface area (TPSA) is 32.3 Å². The Morgan fingerprint density at radius 1 is 1.38 bits per heavy atom. The molecule has 1 fully saturated rings. The molecule has 0 radical (unpaired) electrons. The van der Waals surface area contributed by atoms with Gasteiger partial charge in [-0.15, -0.1) is 0 Å². The fourth-order valence-corrected chi connectivity index (χ4v) is 2.59. The van der Waals surface area contributed by atoms with Crippen molar-refractivity contribution in [2.45, 2.75) is 46.6 Å². The minimum Gasteiger partial charge on any atom is -0.355 e. The molecule has 1 heterocycles. The van der Waals surface area contributed by atoms with Crippen molar-refractivity contribution in [1.82, 2.24) is 10.2 Å². The molecule has 3 heteroatoms. The number of likely N-dealkylation sites (tertiary alicyclic amines) is 1. The first-order chi connectivity index (χ1) is 7.54. The van der Waals surface area contributed by atoms with Gasteiger partial charge in [-0.25, -0.2) is 0 Å². The molecule has 0 saturated carbocycles. The second-order valence-electron chi connectivity index (χ2n) is 5.37. The molecule has 1 saturated heterocycles. The van der Waals surface area contributed by atoms with Crippen molar-refractivity contribution in [3.8, 4) is 0 Å². The molecule has 0 aromatic carbocycles. The Balaban J connectivity index is 2.45. The van der Waals surface area contributed by atoms with Crippen LogP contribution in [0.2, 0.25) is 0 Å². The maximum absolute atomic E-state index is 11.9. The predicted molar refractivity (Wildman–Crippen MR) is 67.3 cm³/mol. The number of hydrogen-bond donors (Lipinski definition) is 1. The number of carbonyl (C=O) groups is 1. The number of nitrogens with one attached hydrogen (secondary N) is 1. The molecule has 1 rings (SSSR count). The van der Waals surface area contributed by atoms with Gasteiger partial charge in [0.05, 0.1) is 6.04 Å². The highest BCUT2D eigenvalue weighted by Gasteiger charge is 2.28. The number of piperidine rings is 1. The summed E-state index contributed by atoms with van der Waals surface area (Å²) in [5, 5.41) is 2.98. The average Bonchev–Trinajstić information content (AvgIpc) is 2.23. The van der Waals surface area contributed by atoms with Gasteiger partial charge in [0.25, 0.3) is 0 Å². The van der Waals surface area contributed by atoms with E-state index in [2.05, 4.69) is 31.0 Å². The van der Waals surface area contributed by atoms with Crippen LogP contribution in [0.25, 0.3) is 0 Å². The first-order valence-electron chi connectivity index (χ1n) is 6.56. The second-order valence-corrected chi connectivity index (χ2v) is 5.37. The van der Waals surface area contributed by atoms with Crippen LogP contribution in [-0.2, 0) is 4.79 Å². The normalized spacial score (nSPS) is 28.8. The van der Waals surface area contributed by atoms with E-state index in [9.17, 15) is 4.79 Å². The zero-order valence-electron chi connectivity index (χ0n) is 11.1. The van der Waals surface area contributed by atoms with Crippen LogP contribution in [0.5, 0.6) is 0 Å². The van der Waals surface area contributed by atoms with Gasteiger partial charge in [0.2, 0.25) is 5.91 Å². The van der Waals surface area contributed by atoms with Gasteiger partial charge in [-0.3, -0.25) is 9.69 Å². The highest BCUT2D eigenvalue weighted by Crippen LogP contribution is 2.22. The number of amides is 1. The van der Waals surface area contributed by atoms with Crippen LogP contribution in [0.4, 0.5) is 0 Å². The van der Waals surface area contributed by atoms with E-state index in [1.807, 2.05) is 6.92 Å². The molecular weight excluding hydrogens is 200 g/mol. The molecule has 0 aromatic heterocycles. The van der Waals surface area contributed by atoms with Gasteiger partial charge in [0.15, 0.2) is 0 Å². The molecule has 1 aliphatic heterocycles. The van der Waals surface area contributed by atoms with Gasteiger partial charge in [0, 0.05) is 19.6 Å². The summed E-state index contributed by atoms with van der Waals surface area (Å²) in [6.07, 6.45) is 2.30. The van der Waals surface area contributed by atoms with E-state index in [4.69, 9.17) is 0 Å². The molecule has 1 aliphatic rings. The lowest BCUT2D eigenvalue weighted by atomic mass is 9.91. The molecule has 1 N–H and O–H groups in total. The first kappa shape index (κ1) is 13.5. The maximum atomic E-state index is 11.9. The Morgan fingerprint density at radius 3 is 2.44 bits per heavy atom. The van der Waals surface area contributed by atoms with Crippen LogP contribution in [0.1, 0.15) is 40.5 Å². The number of rotatable bonds is 4. The van der Waals surface area contributed by atoms with Crippen molar-refractivity contribution in [2.75, 3.05) is 19.6 Å². The lowest BCUT2D eigenvalue weighted by Gasteiger charge is -2.38. The summed E-state index contributed by atoms with van der Waals surface area (Å²) >= 11 is 0. The fraction of sp³-hybridized carbons (Fsp3) is 0.923. The Hall–Kier alpha value is -0.570. The summed E-state index contributed by atoms with van der Waals surface area (Å²) in [7, 11) is 0. The van der Waals surface area contributed by atoms with Crippen LogP contribution >= 0.6 is 0 Å². The van der Waals surface area contributed by atoms with Gasteiger partial charge in [-0.2, -0.15) is 0 Å². The van der Waals surface area contributed by atoms with Crippen molar-refractivity contribution in [2.24, 2.45) is 11.8 Å². The van der Waals surface area contributed by atoms with Crippen molar-refractivity contribution in [1.29, 1.82) is 0 Å². The average molecular weight is 226 g/mol. The number of carbonyl (C=O) groups excluding carboxylic acids is 1. The molecule has 0 bridgehead atoms. The van der Waals surface area contributed by atoms with E-state index in [1.165, 1.54) is 6.42 Å². The van der Waals surface area contributed by atoms with E-state index in [-0.39, 0.29) is 11.9 Å². The number of nitrogens with zero attached hydrogens (tertiary/aromatic N) is 1.